The first-order valence-corrected chi connectivity index (χ1v) is 7.49. The predicted molar refractivity (Wildman–Crippen MR) is 96.3 cm³/mol. The summed E-state index contributed by atoms with van der Waals surface area (Å²) in [4.78, 5) is 15.8. The molecule has 0 saturated heterocycles. The number of aliphatic imine (C=N–C) groups is 1. The van der Waals surface area contributed by atoms with E-state index in [1.165, 1.54) is 12.8 Å². The zero-order chi connectivity index (χ0) is 14.6. The minimum absolute atomic E-state index is 0. The van der Waals surface area contributed by atoms with Gasteiger partial charge in [-0.15, -0.1) is 24.0 Å². The molecule has 21 heavy (non-hydrogen) atoms. The van der Waals surface area contributed by atoms with Gasteiger partial charge in [-0.1, -0.05) is 12.8 Å². The highest BCUT2D eigenvalue weighted by Gasteiger charge is 2.16. The van der Waals surface area contributed by atoms with Crippen molar-refractivity contribution < 1.29 is 9.53 Å². The van der Waals surface area contributed by atoms with Gasteiger partial charge >= 0.3 is 0 Å². The Labute approximate surface area is 144 Å². The van der Waals surface area contributed by atoms with E-state index in [0.29, 0.717) is 19.0 Å². The van der Waals surface area contributed by atoms with E-state index < -0.39 is 0 Å². The number of amides is 1. The van der Waals surface area contributed by atoms with Crippen LogP contribution in [0.5, 0.6) is 0 Å². The molecule has 6 nitrogen and oxygen atoms in total. The van der Waals surface area contributed by atoms with Crippen LogP contribution >= 0.6 is 24.0 Å². The Morgan fingerprint density at radius 3 is 2.52 bits per heavy atom. The van der Waals surface area contributed by atoms with Gasteiger partial charge in [-0.3, -0.25) is 9.79 Å². The maximum atomic E-state index is 11.7. The van der Waals surface area contributed by atoms with Crippen LogP contribution in [-0.2, 0) is 9.53 Å². The number of methoxy groups -OCH3 is 1. The zero-order valence-electron chi connectivity index (χ0n) is 13.1. The van der Waals surface area contributed by atoms with Gasteiger partial charge in [0, 0.05) is 46.3 Å². The van der Waals surface area contributed by atoms with E-state index in [0.717, 1.165) is 38.4 Å². The number of carbonyl (C=O) groups excluding carboxylic acids is 1. The van der Waals surface area contributed by atoms with Gasteiger partial charge in [0.1, 0.15) is 0 Å². The lowest BCUT2D eigenvalue weighted by Gasteiger charge is -2.14. The third-order valence-electron chi connectivity index (χ3n) is 3.41. The zero-order valence-corrected chi connectivity index (χ0v) is 15.4. The molecule has 1 amide bonds. The molecule has 0 aliphatic heterocycles. The van der Waals surface area contributed by atoms with Gasteiger partial charge in [-0.2, -0.15) is 0 Å². The van der Waals surface area contributed by atoms with Crippen LogP contribution in [0.4, 0.5) is 0 Å². The number of nitrogens with one attached hydrogen (secondary N) is 3. The van der Waals surface area contributed by atoms with Crippen molar-refractivity contribution in [1.82, 2.24) is 16.0 Å². The molecule has 0 atom stereocenters. The van der Waals surface area contributed by atoms with Gasteiger partial charge in [0.25, 0.3) is 0 Å². The third kappa shape index (κ3) is 9.89. The molecule has 1 fully saturated rings. The standard InChI is InChI=1S/C14H28N4O2.HI/c1-15-14(16-9-5-11-20-2)17-10-8-13(19)18-12-6-3-4-7-12;/h12H,3-11H2,1-2H3,(H,18,19)(H2,15,16,17);1H. The molecule has 0 bridgehead atoms. The minimum Gasteiger partial charge on any atom is -0.385 e. The Bertz CT molecular complexity index is 307. The van der Waals surface area contributed by atoms with Gasteiger partial charge in [0.2, 0.25) is 5.91 Å². The molecule has 0 aromatic carbocycles. The molecule has 0 aromatic rings. The molecule has 1 saturated carbocycles. The fraction of sp³-hybridized carbons (Fsp3) is 0.857. The Balaban J connectivity index is 0.00000400. The molecule has 1 rings (SSSR count). The van der Waals surface area contributed by atoms with Gasteiger partial charge in [0.15, 0.2) is 5.96 Å². The van der Waals surface area contributed by atoms with Crippen LogP contribution in [0.2, 0.25) is 0 Å². The molecule has 1 aliphatic rings. The molecule has 3 N–H and O–H groups in total. The van der Waals surface area contributed by atoms with Gasteiger partial charge in [-0.25, -0.2) is 0 Å². The normalized spacial score (nSPS) is 15.4. The van der Waals surface area contributed by atoms with Gasteiger partial charge < -0.3 is 20.7 Å². The van der Waals surface area contributed by atoms with Crippen LogP contribution < -0.4 is 16.0 Å². The maximum Gasteiger partial charge on any atom is 0.221 e. The first kappa shape index (κ1) is 20.4. The molecule has 124 valence electrons. The number of hydrogen-bond acceptors (Lipinski definition) is 3. The van der Waals surface area contributed by atoms with Crippen molar-refractivity contribution in [1.29, 1.82) is 0 Å². The highest BCUT2D eigenvalue weighted by Crippen LogP contribution is 2.17. The monoisotopic (exact) mass is 412 g/mol. The molecule has 0 radical (unpaired) electrons. The van der Waals surface area contributed by atoms with Crippen molar-refractivity contribution in [2.45, 2.75) is 44.6 Å². The fourth-order valence-corrected chi connectivity index (χ4v) is 2.31. The number of rotatable bonds is 8. The van der Waals surface area contributed by atoms with E-state index in [-0.39, 0.29) is 29.9 Å². The fourth-order valence-electron chi connectivity index (χ4n) is 2.31. The van der Waals surface area contributed by atoms with Crippen molar-refractivity contribution in [2.75, 3.05) is 33.9 Å². The van der Waals surface area contributed by atoms with E-state index in [4.69, 9.17) is 4.74 Å². The molecule has 0 unspecified atom stereocenters. The molecule has 0 heterocycles. The predicted octanol–water partition coefficient (Wildman–Crippen LogP) is 1.25. The van der Waals surface area contributed by atoms with Crippen molar-refractivity contribution in [3.05, 3.63) is 0 Å². The Kier molecular flexibility index (Phi) is 12.8. The average Bonchev–Trinajstić information content (AvgIpc) is 2.94. The molecular formula is C14H29IN4O2. The van der Waals surface area contributed by atoms with Gasteiger partial charge in [-0.05, 0) is 19.3 Å². The lowest BCUT2D eigenvalue weighted by molar-refractivity contribution is -0.121. The Hall–Kier alpha value is -0.570. The second kappa shape index (κ2) is 13.1. The van der Waals surface area contributed by atoms with Gasteiger partial charge in [0.05, 0.1) is 0 Å². The summed E-state index contributed by atoms with van der Waals surface area (Å²) in [5.74, 6) is 0.856. The van der Waals surface area contributed by atoms with Crippen molar-refractivity contribution in [3.63, 3.8) is 0 Å². The minimum atomic E-state index is 0. The Morgan fingerprint density at radius 1 is 1.24 bits per heavy atom. The number of carbonyl (C=O) groups is 1. The highest BCUT2D eigenvalue weighted by atomic mass is 127. The molecule has 0 spiro atoms. The number of nitrogens with zero attached hydrogens (tertiary/aromatic N) is 1. The summed E-state index contributed by atoms with van der Waals surface area (Å²) >= 11 is 0. The van der Waals surface area contributed by atoms with Crippen LogP contribution in [0, 0.1) is 0 Å². The molecule has 1 aliphatic carbocycles. The summed E-state index contributed by atoms with van der Waals surface area (Å²) in [7, 11) is 3.42. The summed E-state index contributed by atoms with van der Waals surface area (Å²) in [6.07, 6.45) is 6.14. The lowest BCUT2D eigenvalue weighted by atomic mass is 10.2. The van der Waals surface area contributed by atoms with Crippen molar-refractivity contribution in [2.24, 2.45) is 4.99 Å². The summed E-state index contributed by atoms with van der Waals surface area (Å²) in [6, 6.07) is 0.397. The molecule has 0 aromatic heterocycles. The van der Waals surface area contributed by atoms with Crippen molar-refractivity contribution in [3.8, 4) is 0 Å². The second-order valence-corrected chi connectivity index (χ2v) is 5.07. The van der Waals surface area contributed by atoms with E-state index in [9.17, 15) is 4.79 Å². The first-order chi connectivity index (χ1) is 9.76. The summed E-state index contributed by atoms with van der Waals surface area (Å²) < 4.78 is 4.98. The van der Waals surface area contributed by atoms with Crippen LogP contribution in [-0.4, -0.2) is 51.8 Å². The summed E-state index contributed by atoms with van der Waals surface area (Å²) in [5.41, 5.74) is 0. The van der Waals surface area contributed by atoms with Crippen molar-refractivity contribution >= 4 is 35.8 Å². The largest absolute Gasteiger partial charge is 0.385 e. The number of ether oxygens (including phenoxy) is 1. The molecule has 7 heteroatoms. The SMILES string of the molecule is CN=C(NCCCOC)NCCC(=O)NC1CCCC1.I. The first-order valence-electron chi connectivity index (χ1n) is 7.49. The van der Waals surface area contributed by atoms with E-state index >= 15 is 0 Å². The Morgan fingerprint density at radius 2 is 1.90 bits per heavy atom. The number of hydrogen-bond donors (Lipinski definition) is 3. The maximum absolute atomic E-state index is 11.7. The van der Waals surface area contributed by atoms with E-state index in [1.54, 1.807) is 14.2 Å². The van der Waals surface area contributed by atoms with Crippen LogP contribution in [0.3, 0.4) is 0 Å². The van der Waals surface area contributed by atoms with Crippen LogP contribution in [0.1, 0.15) is 38.5 Å². The number of halogens is 1. The second-order valence-electron chi connectivity index (χ2n) is 5.07. The van der Waals surface area contributed by atoms with E-state index in [2.05, 4.69) is 20.9 Å². The summed E-state index contributed by atoms with van der Waals surface area (Å²) in [6.45, 7) is 2.14. The smallest absolute Gasteiger partial charge is 0.221 e. The van der Waals surface area contributed by atoms with Crippen LogP contribution in [0.25, 0.3) is 0 Å². The van der Waals surface area contributed by atoms with Crippen LogP contribution in [0.15, 0.2) is 4.99 Å². The van der Waals surface area contributed by atoms with E-state index in [1.807, 2.05) is 0 Å². The number of guanidine groups is 1. The molecular weight excluding hydrogens is 383 g/mol. The highest BCUT2D eigenvalue weighted by molar-refractivity contribution is 14.0. The summed E-state index contributed by atoms with van der Waals surface area (Å²) in [5, 5.41) is 9.39. The average molecular weight is 412 g/mol. The quantitative estimate of drug-likeness (QED) is 0.243. The lowest BCUT2D eigenvalue weighted by Crippen LogP contribution is -2.40. The topological polar surface area (TPSA) is 74.8 Å². The third-order valence-corrected chi connectivity index (χ3v) is 3.41.